The highest BCUT2D eigenvalue weighted by Crippen LogP contribution is 2.33. The summed E-state index contributed by atoms with van der Waals surface area (Å²) in [4.78, 5) is 0. The molecule has 2 rings (SSSR count). The lowest BCUT2D eigenvalue weighted by atomic mass is 10.1. The van der Waals surface area contributed by atoms with E-state index in [4.69, 9.17) is 4.74 Å². The Labute approximate surface area is 129 Å². The van der Waals surface area contributed by atoms with E-state index >= 15 is 0 Å². The lowest BCUT2D eigenvalue weighted by Gasteiger charge is -2.21. The molecule has 2 N–H and O–H groups in total. The molecule has 20 heavy (non-hydrogen) atoms. The van der Waals surface area contributed by atoms with E-state index in [-0.39, 0.29) is 12.2 Å². The van der Waals surface area contributed by atoms with Crippen molar-refractivity contribution in [1.82, 2.24) is 5.32 Å². The Hall–Kier alpha value is -0.580. The third-order valence-corrected chi connectivity index (χ3v) is 4.23. The first-order chi connectivity index (χ1) is 9.58. The van der Waals surface area contributed by atoms with Crippen molar-refractivity contribution in [3.63, 3.8) is 0 Å². The molecule has 1 aromatic carbocycles. The highest BCUT2D eigenvalue weighted by atomic mass is 79.9. The molecule has 1 aromatic rings. The molecule has 1 aliphatic rings. The minimum atomic E-state index is -0.335. The molecular formula is C16H24BrNO2. The van der Waals surface area contributed by atoms with Crippen LogP contribution in [0.3, 0.4) is 0 Å². The summed E-state index contributed by atoms with van der Waals surface area (Å²) in [5.74, 6) is 1.50. The number of para-hydroxylation sites is 1. The van der Waals surface area contributed by atoms with E-state index in [9.17, 15) is 5.11 Å². The van der Waals surface area contributed by atoms with Gasteiger partial charge in [0.1, 0.15) is 11.9 Å². The van der Waals surface area contributed by atoms with Gasteiger partial charge in [0.05, 0.1) is 10.6 Å². The van der Waals surface area contributed by atoms with Crippen LogP contribution in [0.15, 0.2) is 22.7 Å². The highest BCUT2D eigenvalue weighted by Gasteiger charge is 2.28. The van der Waals surface area contributed by atoms with Crippen molar-refractivity contribution in [3.05, 3.63) is 28.2 Å². The SMILES string of the molecule is CC(C)CNCc1cccc(Br)c1OC1CCCC1O. The van der Waals surface area contributed by atoms with Crippen LogP contribution in [-0.2, 0) is 6.54 Å². The fraction of sp³-hybridized carbons (Fsp3) is 0.625. The van der Waals surface area contributed by atoms with Crippen LogP contribution in [0.25, 0.3) is 0 Å². The fourth-order valence-electron chi connectivity index (χ4n) is 2.52. The molecule has 0 bridgehead atoms. The first-order valence-corrected chi connectivity index (χ1v) is 8.20. The lowest BCUT2D eigenvalue weighted by Crippen LogP contribution is -2.27. The number of benzene rings is 1. The van der Waals surface area contributed by atoms with E-state index in [0.717, 1.165) is 48.1 Å². The Kier molecular flexibility index (Phi) is 5.87. The van der Waals surface area contributed by atoms with Gasteiger partial charge < -0.3 is 15.2 Å². The Balaban J connectivity index is 2.05. The molecule has 2 atom stereocenters. The van der Waals surface area contributed by atoms with Crippen molar-refractivity contribution >= 4 is 15.9 Å². The topological polar surface area (TPSA) is 41.5 Å². The van der Waals surface area contributed by atoms with Crippen LogP contribution in [0, 0.1) is 5.92 Å². The summed E-state index contributed by atoms with van der Waals surface area (Å²) in [6.45, 7) is 6.16. The number of hydrogen-bond donors (Lipinski definition) is 2. The number of ether oxygens (including phenoxy) is 1. The van der Waals surface area contributed by atoms with Crippen LogP contribution < -0.4 is 10.1 Å². The number of hydrogen-bond acceptors (Lipinski definition) is 3. The molecule has 112 valence electrons. The second-order valence-electron chi connectivity index (χ2n) is 5.91. The number of nitrogens with one attached hydrogen (secondary N) is 1. The van der Waals surface area contributed by atoms with Crippen molar-refractivity contribution in [2.45, 2.75) is 51.9 Å². The summed E-state index contributed by atoms with van der Waals surface area (Å²) in [6, 6.07) is 6.09. The molecule has 2 unspecified atom stereocenters. The average Bonchev–Trinajstić information content (AvgIpc) is 2.78. The Morgan fingerprint density at radius 3 is 2.85 bits per heavy atom. The first-order valence-electron chi connectivity index (χ1n) is 7.40. The second kappa shape index (κ2) is 7.43. The van der Waals surface area contributed by atoms with Crippen LogP contribution in [0.5, 0.6) is 5.75 Å². The molecule has 1 fully saturated rings. The maximum Gasteiger partial charge on any atom is 0.138 e. The molecule has 3 nitrogen and oxygen atoms in total. The summed E-state index contributed by atoms with van der Waals surface area (Å²) in [7, 11) is 0. The van der Waals surface area contributed by atoms with Gasteiger partial charge in [0.15, 0.2) is 0 Å². The summed E-state index contributed by atoms with van der Waals surface area (Å²) >= 11 is 3.56. The van der Waals surface area contributed by atoms with Crippen LogP contribution in [0.4, 0.5) is 0 Å². The van der Waals surface area contributed by atoms with Crippen LogP contribution in [0.1, 0.15) is 38.7 Å². The van der Waals surface area contributed by atoms with Gasteiger partial charge in [-0.2, -0.15) is 0 Å². The van der Waals surface area contributed by atoms with Gasteiger partial charge in [-0.3, -0.25) is 0 Å². The maximum atomic E-state index is 9.92. The zero-order valence-corrected chi connectivity index (χ0v) is 13.8. The summed E-state index contributed by atoms with van der Waals surface area (Å²) < 4.78 is 7.03. The van der Waals surface area contributed by atoms with Gasteiger partial charge in [-0.05, 0) is 53.7 Å². The largest absolute Gasteiger partial charge is 0.486 e. The Morgan fingerprint density at radius 1 is 1.40 bits per heavy atom. The van der Waals surface area contributed by atoms with Crippen molar-refractivity contribution in [1.29, 1.82) is 0 Å². The van der Waals surface area contributed by atoms with Gasteiger partial charge in [-0.1, -0.05) is 26.0 Å². The van der Waals surface area contributed by atoms with Crippen LogP contribution in [0.2, 0.25) is 0 Å². The standard InChI is InChI=1S/C16H24BrNO2/c1-11(2)9-18-10-12-5-3-6-13(17)16(12)20-15-8-4-7-14(15)19/h3,5-6,11,14-15,18-19H,4,7-10H2,1-2H3. The summed E-state index contributed by atoms with van der Waals surface area (Å²) in [5, 5.41) is 13.4. The van der Waals surface area contributed by atoms with E-state index < -0.39 is 0 Å². The molecular weight excluding hydrogens is 318 g/mol. The predicted octanol–water partition coefficient (Wildman–Crippen LogP) is 3.49. The minimum Gasteiger partial charge on any atom is -0.486 e. The van der Waals surface area contributed by atoms with Crippen molar-refractivity contribution in [2.75, 3.05) is 6.54 Å². The maximum absolute atomic E-state index is 9.92. The molecule has 0 heterocycles. The monoisotopic (exact) mass is 341 g/mol. The number of rotatable bonds is 6. The van der Waals surface area contributed by atoms with E-state index in [2.05, 4.69) is 41.2 Å². The molecule has 0 radical (unpaired) electrons. The molecule has 0 aromatic heterocycles. The smallest absolute Gasteiger partial charge is 0.138 e. The highest BCUT2D eigenvalue weighted by molar-refractivity contribution is 9.10. The van der Waals surface area contributed by atoms with Gasteiger partial charge in [-0.25, -0.2) is 0 Å². The van der Waals surface area contributed by atoms with Gasteiger partial charge in [0, 0.05) is 12.1 Å². The van der Waals surface area contributed by atoms with Crippen LogP contribution in [-0.4, -0.2) is 23.9 Å². The zero-order chi connectivity index (χ0) is 14.5. The normalized spacial score (nSPS) is 22.4. The van der Waals surface area contributed by atoms with Crippen molar-refractivity contribution < 1.29 is 9.84 Å². The third-order valence-electron chi connectivity index (χ3n) is 3.60. The average molecular weight is 342 g/mol. The number of aliphatic hydroxyl groups excluding tert-OH is 1. The predicted molar refractivity (Wildman–Crippen MR) is 85.0 cm³/mol. The van der Waals surface area contributed by atoms with Gasteiger partial charge in [0.2, 0.25) is 0 Å². The van der Waals surface area contributed by atoms with Gasteiger partial charge in [0.25, 0.3) is 0 Å². The van der Waals surface area contributed by atoms with Crippen LogP contribution >= 0.6 is 15.9 Å². The molecule has 1 saturated carbocycles. The quantitative estimate of drug-likeness (QED) is 0.832. The molecule has 4 heteroatoms. The summed E-state index contributed by atoms with van der Waals surface area (Å²) in [5.41, 5.74) is 1.14. The first kappa shape index (κ1) is 15.8. The van der Waals surface area contributed by atoms with E-state index in [1.807, 2.05) is 12.1 Å². The molecule has 0 spiro atoms. The molecule has 0 saturated heterocycles. The number of aliphatic hydroxyl groups is 1. The Bertz CT molecular complexity index is 436. The van der Waals surface area contributed by atoms with E-state index in [1.54, 1.807) is 0 Å². The summed E-state index contributed by atoms with van der Waals surface area (Å²) in [6.07, 6.45) is 2.41. The van der Waals surface area contributed by atoms with Crippen molar-refractivity contribution in [3.8, 4) is 5.75 Å². The molecule has 1 aliphatic carbocycles. The zero-order valence-electron chi connectivity index (χ0n) is 12.2. The van der Waals surface area contributed by atoms with Gasteiger partial charge >= 0.3 is 0 Å². The Morgan fingerprint density at radius 2 is 2.20 bits per heavy atom. The molecule has 0 amide bonds. The van der Waals surface area contributed by atoms with E-state index in [0.29, 0.717) is 5.92 Å². The molecule has 0 aliphatic heterocycles. The minimum absolute atomic E-state index is 0.0717. The lowest BCUT2D eigenvalue weighted by molar-refractivity contribution is 0.0592. The van der Waals surface area contributed by atoms with Crippen molar-refractivity contribution in [2.24, 2.45) is 5.92 Å². The van der Waals surface area contributed by atoms with Gasteiger partial charge in [-0.15, -0.1) is 0 Å². The third kappa shape index (κ3) is 4.21. The number of halogens is 1. The fourth-order valence-corrected chi connectivity index (χ4v) is 3.02. The second-order valence-corrected chi connectivity index (χ2v) is 6.76. The van der Waals surface area contributed by atoms with E-state index in [1.165, 1.54) is 0 Å².